The van der Waals surface area contributed by atoms with E-state index in [1.165, 1.54) is 0 Å². The quantitative estimate of drug-likeness (QED) is 0.814. The number of aryl methyl sites for hydroxylation is 1. The third kappa shape index (κ3) is 4.96. The lowest BCUT2D eigenvalue weighted by atomic mass is 10.1. The Morgan fingerprint density at radius 3 is 2.75 bits per heavy atom. The van der Waals surface area contributed by atoms with E-state index in [0.717, 1.165) is 39.4 Å². The van der Waals surface area contributed by atoms with E-state index in [9.17, 15) is 0 Å². The molecule has 0 radical (unpaired) electrons. The van der Waals surface area contributed by atoms with Gasteiger partial charge in [0.25, 0.3) is 0 Å². The minimum atomic E-state index is 0.183. The summed E-state index contributed by atoms with van der Waals surface area (Å²) in [6.07, 6.45) is 2.07. The molecule has 108 valence electrons. The van der Waals surface area contributed by atoms with Crippen LogP contribution in [-0.4, -0.2) is 22.3 Å². The van der Waals surface area contributed by atoms with Crippen LogP contribution in [0.1, 0.15) is 32.2 Å². The van der Waals surface area contributed by atoms with Crippen molar-refractivity contribution in [1.29, 1.82) is 0 Å². The van der Waals surface area contributed by atoms with Crippen LogP contribution in [0.3, 0.4) is 0 Å². The number of halogens is 1. The lowest BCUT2D eigenvalue weighted by Gasteiger charge is -2.20. The van der Waals surface area contributed by atoms with Crippen molar-refractivity contribution in [2.45, 2.75) is 39.2 Å². The van der Waals surface area contributed by atoms with Gasteiger partial charge in [0.05, 0.1) is 0 Å². The maximum Gasteiger partial charge on any atom is 0.147 e. The summed E-state index contributed by atoms with van der Waals surface area (Å²) in [7, 11) is 0. The molecule has 2 aromatic rings. The van der Waals surface area contributed by atoms with Gasteiger partial charge >= 0.3 is 0 Å². The number of nitrogens with zero attached hydrogens (tertiary/aromatic N) is 2. The lowest BCUT2D eigenvalue weighted by Crippen LogP contribution is -2.36. The zero-order chi connectivity index (χ0) is 14.6. The molecule has 0 spiro atoms. The van der Waals surface area contributed by atoms with E-state index in [1.54, 1.807) is 11.3 Å². The molecule has 0 saturated heterocycles. The van der Waals surface area contributed by atoms with Crippen molar-refractivity contribution >= 4 is 27.3 Å². The Bertz CT molecular complexity index is 560. The van der Waals surface area contributed by atoms with Crippen molar-refractivity contribution in [3.63, 3.8) is 0 Å². The largest absolute Gasteiger partial charge is 0.312 e. The topological polar surface area (TPSA) is 37.8 Å². The number of rotatable bonds is 5. The highest BCUT2D eigenvalue weighted by atomic mass is 79.9. The van der Waals surface area contributed by atoms with Crippen LogP contribution in [0.2, 0.25) is 0 Å². The van der Waals surface area contributed by atoms with Crippen molar-refractivity contribution < 1.29 is 0 Å². The normalized spacial score (nSPS) is 11.8. The number of hydrogen-bond acceptors (Lipinski definition) is 4. The van der Waals surface area contributed by atoms with Crippen LogP contribution < -0.4 is 5.32 Å². The van der Waals surface area contributed by atoms with Gasteiger partial charge in [-0.05, 0) is 45.9 Å². The van der Waals surface area contributed by atoms with Crippen molar-refractivity contribution in [3.05, 3.63) is 33.7 Å². The van der Waals surface area contributed by atoms with Gasteiger partial charge in [-0.2, -0.15) is 0 Å². The first-order valence-corrected chi connectivity index (χ1v) is 8.38. The van der Waals surface area contributed by atoms with Gasteiger partial charge in [-0.1, -0.05) is 39.4 Å². The summed E-state index contributed by atoms with van der Waals surface area (Å²) in [5.74, 6) is 0. The average Bonchev–Trinajstić information content (AvgIpc) is 2.82. The highest BCUT2D eigenvalue weighted by Crippen LogP contribution is 2.26. The van der Waals surface area contributed by atoms with Crippen molar-refractivity contribution in [2.24, 2.45) is 0 Å². The van der Waals surface area contributed by atoms with Gasteiger partial charge in [0.15, 0.2) is 0 Å². The first-order chi connectivity index (χ1) is 9.44. The van der Waals surface area contributed by atoms with Gasteiger partial charge in [0.1, 0.15) is 10.0 Å². The predicted molar refractivity (Wildman–Crippen MR) is 89.1 cm³/mol. The fourth-order valence-electron chi connectivity index (χ4n) is 1.80. The van der Waals surface area contributed by atoms with Crippen molar-refractivity contribution in [1.82, 2.24) is 15.5 Å². The molecule has 0 fully saturated rings. The van der Waals surface area contributed by atoms with Gasteiger partial charge in [-0.15, -0.1) is 10.2 Å². The lowest BCUT2D eigenvalue weighted by molar-refractivity contribution is 0.422. The molecule has 1 heterocycles. The van der Waals surface area contributed by atoms with E-state index in [4.69, 9.17) is 0 Å². The number of aromatic nitrogens is 2. The average molecular weight is 354 g/mol. The van der Waals surface area contributed by atoms with Gasteiger partial charge in [-0.25, -0.2) is 0 Å². The Labute approximate surface area is 133 Å². The summed E-state index contributed by atoms with van der Waals surface area (Å²) in [5.41, 5.74) is 1.30. The van der Waals surface area contributed by atoms with Crippen LogP contribution in [0.4, 0.5) is 0 Å². The Hall–Kier alpha value is -0.780. The Kier molecular flexibility index (Phi) is 5.29. The summed E-state index contributed by atoms with van der Waals surface area (Å²) in [6, 6.07) is 8.18. The first-order valence-electron chi connectivity index (χ1n) is 6.77. The van der Waals surface area contributed by atoms with Crippen LogP contribution >= 0.6 is 27.3 Å². The molecule has 1 N–H and O–H groups in total. The zero-order valence-electron chi connectivity index (χ0n) is 12.1. The Morgan fingerprint density at radius 1 is 1.25 bits per heavy atom. The number of hydrogen-bond donors (Lipinski definition) is 1. The summed E-state index contributed by atoms with van der Waals surface area (Å²) in [4.78, 5) is 0. The molecular formula is C15H20BrN3S. The molecule has 0 amide bonds. The monoisotopic (exact) mass is 353 g/mol. The summed E-state index contributed by atoms with van der Waals surface area (Å²) in [6.45, 7) is 7.56. The van der Waals surface area contributed by atoms with Crippen LogP contribution in [0.25, 0.3) is 10.6 Å². The first kappa shape index (κ1) is 15.6. The van der Waals surface area contributed by atoms with Gasteiger partial charge in [0.2, 0.25) is 0 Å². The molecule has 2 rings (SSSR count). The molecule has 1 aromatic heterocycles. The molecule has 0 unspecified atom stereocenters. The SMILES string of the molecule is CC(C)(C)NCCCc1nnc(-c2cccc(Br)c2)s1. The summed E-state index contributed by atoms with van der Waals surface area (Å²) >= 11 is 5.17. The minimum Gasteiger partial charge on any atom is -0.312 e. The molecule has 20 heavy (non-hydrogen) atoms. The zero-order valence-corrected chi connectivity index (χ0v) is 14.5. The summed E-state index contributed by atoms with van der Waals surface area (Å²) in [5, 5.41) is 14.2. The fraction of sp³-hybridized carbons (Fsp3) is 0.467. The number of nitrogens with one attached hydrogen (secondary N) is 1. The van der Waals surface area contributed by atoms with Gasteiger partial charge in [-0.3, -0.25) is 0 Å². The van der Waals surface area contributed by atoms with Gasteiger partial charge < -0.3 is 5.32 Å². The standard InChI is InChI=1S/C15H20BrN3S/c1-15(2,3)17-9-5-8-13-18-19-14(20-13)11-6-4-7-12(16)10-11/h4,6-7,10,17H,5,8-9H2,1-3H3. The summed E-state index contributed by atoms with van der Waals surface area (Å²) < 4.78 is 1.07. The van der Waals surface area contributed by atoms with E-state index in [2.05, 4.69) is 64.3 Å². The molecule has 1 aromatic carbocycles. The van der Waals surface area contributed by atoms with Crippen LogP contribution in [0, 0.1) is 0 Å². The van der Waals surface area contributed by atoms with E-state index in [-0.39, 0.29) is 5.54 Å². The highest BCUT2D eigenvalue weighted by Gasteiger charge is 2.09. The molecule has 0 aliphatic heterocycles. The third-order valence-corrected chi connectivity index (χ3v) is 4.29. The molecule has 0 atom stereocenters. The fourth-order valence-corrected chi connectivity index (χ4v) is 3.07. The van der Waals surface area contributed by atoms with Crippen LogP contribution in [0.5, 0.6) is 0 Å². The smallest absolute Gasteiger partial charge is 0.147 e. The van der Waals surface area contributed by atoms with Crippen molar-refractivity contribution in [3.8, 4) is 10.6 Å². The second kappa shape index (κ2) is 6.78. The van der Waals surface area contributed by atoms with Crippen LogP contribution in [0.15, 0.2) is 28.7 Å². The van der Waals surface area contributed by atoms with E-state index >= 15 is 0 Å². The number of benzene rings is 1. The predicted octanol–water partition coefficient (Wildman–Crippen LogP) is 4.29. The Balaban J connectivity index is 1.90. The van der Waals surface area contributed by atoms with E-state index in [1.807, 2.05) is 12.1 Å². The Morgan fingerprint density at radius 2 is 2.05 bits per heavy atom. The minimum absolute atomic E-state index is 0.183. The molecule has 0 bridgehead atoms. The third-order valence-electron chi connectivity index (χ3n) is 2.76. The second-order valence-corrected chi connectivity index (χ2v) is 7.77. The maximum atomic E-state index is 4.28. The van der Waals surface area contributed by atoms with E-state index in [0.29, 0.717) is 0 Å². The van der Waals surface area contributed by atoms with Crippen molar-refractivity contribution in [2.75, 3.05) is 6.54 Å². The van der Waals surface area contributed by atoms with Crippen LogP contribution in [-0.2, 0) is 6.42 Å². The molecule has 0 aliphatic rings. The molecule has 3 nitrogen and oxygen atoms in total. The maximum absolute atomic E-state index is 4.28. The molecule has 0 saturated carbocycles. The van der Waals surface area contributed by atoms with Gasteiger partial charge in [0, 0.05) is 22.0 Å². The highest BCUT2D eigenvalue weighted by molar-refractivity contribution is 9.10. The molecule has 5 heteroatoms. The second-order valence-electron chi connectivity index (χ2n) is 5.79. The van der Waals surface area contributed by atoms with E-state index < -0.39 is 0 Å². The molecule has 0 aliphatic carbocycles. The molecular weight excluding hydrogens is 334 g/mol.